The van der Waals surface area contributed by atoms with Crippen LogP contribution in [0.5, 0.6) is 0 Å². The van der Waals surface area contributed by atoms with Crippen molar-refractivity contribution in [3.8, 4) is 0 Å². The van der Waals surface area contributed by atoms with E-state index < -0.39 is 9.05 Å². The quantitative estimate of drug-likeness (QED) is 0.749. The first-order valence-corrected chi connectivity index (χ1v) is 8.32. The summed E-state index contributed by atoms with van der Waals surface area (Å²) in [5, 5.41) is 0. The monoisotopic (exact) mass is 301 g/mol. The highest BCUT2D eigenvalue weighted by molar-refractivity contribution is 8.13. The maximum atomic E-state index is 12.4. The number of rotatable bonds is 1. The van der Waals surface area contributed by atoms with Crippen molar-refractivity contribution >= 4 is 25.6 Å². The van der Waals surface area contributed by atoms with Crippen LogP contribution in [-0.4, -0.2) is 31.3 Å². The molecular formula is C13H16ClNO3S. The lowest BCUT2D eigenvalue weighted by Crippen LogP contribution is -2.49. The predicted molar refractivity (Wildman–Crippen MR) is 74.0 cm³/mol. The van der Waals surface area contributed by atoms with E-state index in [4.69, 9.17) is 10.7 Å². The van der Waals surface area contributed by atoms with Crippen molar-refractivity contribution < 1.29 is 13.2 Å². The second-order valence-electron chi connectivity index (χ2n) is 5.60. The fourth-order valence-corrected chi connectivity index (χ4v) is 3.54. The molecule has 2 rings (SSSR count). The van der Waals surface area contributed by atoms with Gasteiger partial charge in [-0.25, -0.2) is 8.42 Å². The molecule has 1 heterocycles. The fourth-order valence-electron chi connectivity index (χ4n) is 2.36. The maximum absolute atomic E-state index is 12.4. The lowest BCUT2D eigenvalue weighted by molar-refractivity contribution is 0.0560. The molecule has 0 radical (unpaired) electrons. The number of amides is 1. The first-order chi connectivity index (χ1) is 8.62. The number of hydrogen-bond acceptors (Lipinski definition) is 3. The summed E-state index contributed by atoms with van der Waals surface area (Å²) >= 11 is 0. The predicted octanol–water partition coefficient (Wildman–Crippen LogP) is 2.41. The summed E-state index contributed by atoms with van der Waals surface area (Å²) in [5.41, 5.74) is 0.677. The van der Waals surface area contributed by atoms with Crippen molar-refractivity contribution in [3.05, 3.63) is 29.3 Å². The molecule has 1 aliphatic heterocycles. The van der Waals surface area contributed by atoms with Gasteiger partial charge in [-0.15, -0.1) is 0 Å². The van der Waals surface area contributed by atoms with E-state index in [1.807, 2.05) is 20.8 Å². The van der Waals surface area contributed by atoms with E-state index >= 15 is 0 Å². The summed E-state index contributed by atoms with van der Waals surface area (Å²) in [4.78, 5) is 14.2. The lowest BCUT2D eigenvalue weighted by Gasteiger charge is -2.39. The average Bonchev–Trinajstić information content (AvgIpc) is 2.26. The van der Waals surface area contributed by atoms with Gasteiger partial charge >= 0.3 is 0 Å². The summed E-state index contributed by atoms with van der Waals surface area (Å²) < 4.78 is 23.1. The maximum Gasteiger partial charge on any atom is 0.261 e. The second-order valence-corrected chi connectivity index (χ2v) is 8.13. The van der Waals surface area contributed by atoms with Gasteiger partial charge in [0.2, 0.25) is 0 Å². The third kappa shape index (κ3) is 2.62. The molecule has 6 heteroatoms. The van der Waals surface area contributed by atoms with Gasteiger partial charge in [0.1, 0.15) is 0 Å². The van der Waals surface area contributed by atoms with Crippen molar-refractivity contribution in [1.29, 1.82) is 0 Å². The molecule has 0 spiro atoms. The van der Waals surface area contributed by atoms with E-state index in [-0.39, 0.29) is 16.3 Å². The number of fused-ring (bicyclic) bond motifs is 1. The molecule has 0 saturated carbocycles. The Morgan fingerprint density at radius 1 is 1.26 bits per heavy atom. The Morgan fingerprint density at radius 3 is 2.42 bits per heavy atom. The summed E-state index contributed by atoms with van der Waals surface area (Å²) in [6, 6.07) is 4.65. The molecule has 0 saturated heterocycles. The minimum Gasteiger partial charge on any atom is -0.333 e. The first kappa shape index (κ1) is 14.3. The van der Waals surface area contributed by atoms with Crippen LogP contribution in [0.3, 0.4) is 0 Å². The Hall–Kier alpha value is -1.07. The Bertz CT molecular complexity index is 632. The van der Waals surface area contributed by atoms with Gasteiger partial charge in [-0.05, 0) is 44.9 Å². The Labute approximate surface area is 117 Å². The standard InChI is InChI=1S/C13H16ClNO3S/c1-13(2,3)15-8-7-9-10(12(15)16)5-4-6-11(9)19(14,17)18/h4-6H,7-8H2,1-3H3. The van der Waals surface area contributed by atoms with Crippen LogP contribution in [0, 0.1) is 0 Å². The van der Waals surface area contributed by atoms with Gasteiger partial charge in [0.25, 0.3) is 15.0 Å². The minimum atomic E-state index is -3.82. The van der Waals surface area contributed by atoms with Crippen LogP contribution >= 0.6 is 10.7 Å². The Morgan fingerprint density at radius 2 is 1.89 bits per heavy atom. The normalized spacial score (nSPS) is 16.4. The molecular weight excluding hydrogens is 286 g/mol. The van der Waals surface area contributed by atoms with Crippen LogP contribution in [0.25, 0.3) is 0 Å². The molecule has 0 bridgehead atoms. The zero-order chi connectivity index (χ0) is 14.4. The number of hydrogen-bond donors (Lipinski definition) is 0. The van der Waals surface area contributed by atoms with Crippen LogP contribution < -0.4 is 0 Å². The molecule has 1 amide bonds. The molecule has 0 aliphatic carbocycles. The van der Waals surface area contributed by atoms with Crippen molar-refractivity contribution in [2.75, 3.05) is 6.54 Å². The number of carbonyl (C=O) groups is 1. The van der Waals surface area contributed by atoms with Crippen LogP contribution in [0.4, 0.5) is 0 Å². The number of carbonyl (C=O) groups excluding carboxylic acids is 1. The average molecular weight is 302 g/mol. The lowest BCUT2D eigenvalue weighted by atomic mass is 9.94. The smallest absolute Gasteiger partial charge is 0.261 e. The molecule has 1 aliphatic rings. The van der Waals surface area contributed by atoms with E-state index in [9.17, 15) is 13.2 Å². The van der Waals surface area contributed by atoms with Crippen molar-refractivity contribution in [2.45, 2.75) is 37.6 Å². The van der Waals surface area contributed by atoms with Crippen LogP contribution in [0.15, 0.2) is 23.1 Å². The van der Waals surface area contributed by atoms with E-state index in [0.717, 1.165) is 0 Å². The number of benzene rings is 1. The largest absolute Gasteiger partial charge is 0.333 e. The van der Waals surface area contributed by atoms with Crippen molar-refractivity contribution in [3.63, 3.8) is 0 Å². The molecule has 0 unspecified atom stereocenters. The van der Waals surface area contributed by atoms with Gasteiger partial charge in [0, 0.05) is 28.3 Å². The SMILES string of the molecule is CC(C)(C)N1CCc2c(cccc2S(=O)(=O)Cl)C1=O. The van der Waals surface area contributed by atoms with Crippen LogP contribution in [0.2, 0.25) is 0 Å². The Kier molecular flexibility index (Phi) is 3.39. The van der Waals surface area contributed by atoms with E-state index in [1.54, 1.807) is 17.0 Å². The zero-order valence-corrected chi connectivity index (χ0v) is 12.7. The molecule has 0 fully saturated rings. The molecule has 104 valence electrons. The molecule has 4 nitrogen and oxygen atoms in total. The van der Waals surface area contributed by atoms with Crippen molar-refractivity contribution in [2.24, 2.45) is 0 Å². The number of nitrogens with zero attached hydrogens (tertiary/aromatic N) is 1. The Balaban J connectivity index is 2.57. The fraction of sp³-hybridized carbons (Fsp3) is 0.462. The van der Waals surface area contributed by atoms with Gasteiger partial charge in [-0.1, -0.05) is 6.07 Å². The van der Waals surface area contributed by atoms with Gasteiger partial charge in [0.05, 0.1) is 4.90 Å². The first-order valence-electron chi connectivity index (χ1n) is 6.01. The highest BCUT2D eigenvalue weighted by Gasteiger charge is 2.34. The topological polar surface area (TPSA) is 54.5 Å². The zero-order valence-electron chi connectivity index (χ0n) is 11.1. The molecule has 0 N–H and O–H groups in total. The highest BCUT2D eigenvalue weighted by atomic mass is 35.7. The summed E-state index contributed by atoms with van der Waals surface area (Å²) in [6.07, 6.45) is 0.500. The van der Waals surface area contributed by atoms with E-state index in [1.165, 1.54) is 6.07 Å². The third-order valence-electron chi connectivity index (χ3n) is 3.27. The molecule has 1 aromatic rings. The van der Waals surface area contributed by atoms with Crippen LogP contribution in [0.1, 0.15) is 36.7 Å². The minimum absolute atomic E-state index is 0.0496. The highest BCUT2D eigenvalue weighted by Crippen LogP contribution is 2.30. The molecule has 1 aromatic carbocycles. The third-order valence-corrected chi connectivity index (χ3v) is 4.67. The van der Waals surface area contributed by atoms with Gasteiger partial charge in [0.15, 0.2) is 0 Å². The van der Waals surface area contributed by atoms with E-state index in [2.05, 4.69) is 0 Å². The summed E-state index contributed by atoms with van der Waals surface area (Å²) in [7, 11) is 1.60. The van der Waals surface area contributed by atoms with Gasteiger partial charge in [-0.3, -0.25) is 4.79 Å². The molecule has 19 heavy (non-hydrogen) atoms. The number of halogens is 1. The van der Waals surface area contributed by atoms with E-state index in [0.29, 0.717) is 24.1 Å². The summed E-state index contributed by atoms with van der Waals surface area (Å²) in [6.45, 7) is 6.37. The summed E-state index contributed by atoms with van der Waals surface area (Å²) in [5.74, 6) is -0.143. The van der Waals surface area contributed by atoms with Crippen molar-refractivity contribution in [1.82, 2.24) is 4.90 Å². The van der Waals surface area contributed by atoms with Gasteiger partial charge < -0.3 is 4.90 Å². The molecule has 0 aromatic heterocycles. The van der Waals surface area contributed by atoms with Gasteiger partial charge in [-0.2, -0.15) is 0 Å². The molecule has 0 atom stereocenters. The second kappa shape index (κ2) is 4.49. The van der Waals surface area contributed by atoms with Crippen LogP contribution in [-0.2, 0) is 15.5 Å².